The molecule has 106 valence electrons. The summed E-state index contributed by atoms with van der Waals surface area (Å²) in [6, 6.07) is 7.20. The Kier molecular flexibility index (Phi) is 5.91. The molecule has 0 saturated heterocycles. The molecular weight excluding hydrogens is 230 g/mol. The average Bonchev–Trinajstić information content (AvgIpc) is 2.42. The number of benzene rings is 1. The Bertz CT molecular complexity index is 381. The van der Waals surface area contributed by atoms with E-state index in [1.54, 1.807) is 16.7 Å². The summed E-state index contributed by atoms with van der Waals surface area (Å²) in [6.07, 6.45) is 9.22. The molecule has 1 nitrogen and oxygen atoms in total. The summed E-state index contributed by atoms with van der Waals surface area (Å²) < 4.78 is 0. The zero-order valence-corrected chi connectivity index (χ0v) is 12.7. The average molecular weight is 259 g/mol. The van der Waals surface area contributed by atoms with Crippen molar-refractivity contribution in [3.63, 3.8) is 0 Å². The van der Waals surface area contributed by atoms with Crippen molar-refractivity contribution in [2.75, 3.05) is 13.1 Å². The van der Waals surface area contributed by atoms with Crippen molar-refractivity contribution in [1.29, 1.82) is 0 Å². The van der Waals surface area contributed by atoms with Gasteiger partial charge in [-0.1, -0.05) is 32.0 Å². The van der Waals surface area contributed by atoms with Crippen molar-refractivity contribution in [1.82, 2.24) is 5.32 Å². The van der Waals surface area contributed by atoms with E-state index in [0.717, 1.165) is 12.5 Å². The Hall–Kier alpha value is -0.820. The van der Waals surface area contributed by atoms with Gasteiger partial charge in [0.25, 0.3) is 0 Å². The van der Waals surface area contributed by atoms with Crippen LogP contribution in [0.5, 0.6) is 0 Å². The molecule has 0 aliphatic heterocycles. The molecule has 0 amide bonds. The van der Waals surface area contributed by atoms with Gasteiger partial charge in [-0.15, -0.1) is 0 Å². The highest BCUT2D eigenvalue weighted by Crippen LogP contribution is 2.22. The molecular formula is C18H29N. The maximum Gasteiger partial charge on any atom is -0.00258 e. The second-order valence-electron chi connectivity index (χ2n) is 6.37. The van der Waals surface area contributed by atoms with Crippen LogP contribution in [0.25, 0.3) is 0 Å². The van der Waals surface area contributed by atoms with Gasteiger partial charge < -0.3 is 5.32 Å². The first-order valence-corrected chi connectivity index (χ1v) is 8.07. The number of hydrogen-bond donors (Lipinski definition) is 1. The number of fused-ring (bicyclic) bond motifs is 1. The summed E-state index contributed by atoms with van der Waals surface area (Å²) in [6.45, 7) is 6.85. The minimum atomic E-state index is 0.764. The van der Waals surface area contributed by atoms with E-state index in [-0.39, 0.29) is 0 Å². The van der Waals surface area contributed by atoms with E-state index >= 15 is 0 Å². The lowest BCUT2D eigenvalue weighted by Gasteiger charge is -2.16. The van der Waals surface area contributed by atoms with Gasteiger partial charge in [0, 0.05) is 0 Å². The van der Waals surface area contributed by atoms with Gasteiger partial charge in [0.2, 0.25) is 0 Å². The lowest BCUT2D eigenvalue weighted by molar-refractivity contribution is 0.535. The maximum atomic E-state index is 3.52. The fourth-order valence-corrected chi connectivity index (χ4v) is 2.91. The Labute approximate surface area is 118 Å². The van der Waals surface area contributed by atoms with Gasteiger partial charge in [-0.3, -0.25) is 0 Å². The molecule has 1 aromatic rings. The van der Waals surface area contributed by atoms with E-state index in [1.807, 2.05) is 0 Å². The predicted octanol–water partition coefficient (Wildman–Crippen LogP) is 4.13. The third kappa shape index (κ3) is 4.99. The van der Waals surface area contributed by atoms with Crippen molar-refractivity contribution in [2.45, 2.75) is 58.8 Å². The summed E-state index contributed by atoms with van der Waals surface area (Å²) in [5, 5.41) is 3.52. The fourth-order valence-electron chi connectivity index (χ4n) is 2.91. The summed E-state index contributed by atoms with van der Waals surface area (Å²) >= 11 is 0. The fraction of sp³-hybridized carbons (Fsp3) is 0.667. The van der Waals surface area contributed by atoms with E-state index in [9.17, 15) is 0 Å². The van der Waals surface area contributed by atoms with Crippen molar-refractivity contribution in [3.05, 3.63) is 34.9 Å². The largest absolute Gasteiger partial charge is 0.316 e. The highest BCUT2D eigenvalue weighted by atomic mass is 14.8. The van der Waals surface area contributed by atoms with E-state index in [2.05, 4.69) is 37.4 Å². The van der Waals surface area contributed by atoms with Gasteiger partial charge in [0.1, 0.15) is 0 Å². The van der Waals surface area contributed by atoms with Crippen LogP contribution < -0.4 is 5.32 Å². The third-order valence-corrected chi connectivity index (χ3v) is 4.03. The molecule has 0 bridgehead atoms. The standard InChI is InChI=1S/C18H29N/c1-15(2)14-19-12-6-5-7-16-10-11-17-8-3-4-9-18(17)13-16/h10-11,13,15,19H,3-9,12,14H2,1-2H3. The van der Waals surface area contributed by atoms with Crippen LogP contribution in [0, 0.1) is 5.92 Å². The number of nitrogens with one attached hydrogen (secondary N) is 1. The third-order valence-electron chi connectivity index (χ3n) is 4.03. The SMILES string of the molecule is CC(C)CNCCCCc1ccc2c(c1)CCCC2. The first-order valence-electron chi connectivity index (χ1n) is 8.07. The van der Waals surface area contributed by atoms with E-state index < -0.39 is 0 Å². The molecule has 0 saturated carbocycles. The summed E-state index contributed by atoms with van der Waals surface area (Å²) in [4.78, 5) is 0. The van der Waals surface area contributed by atoms with Gasteiger partial charge in [-0.25, -0.2) is 0 Å². The molecule has 1 N–H and O–H groups in total. The second-order valence-corrected chi connectivity index (χ2v) is 6.37. The molecule has 0 radical (unpaired) electrons. The Balaban J connectivity index is 1.68. The number of aryl methyl sites for hydroxylation is 3. The Morgan fingerprint density at radius 1 is 1.05 bits per heavy atom. The molecule has 0 heterocycles. The van der Waals surface area contributed by atoms with Crippen LogP contribution in [0.3, 0.4) is 0 Å². The normalized spacial score (nSPS) is 14.7. The number of unbranched alkanes of at least 4 members (excludes halogenated alkanes) is 1. The quantitative estimate of drug-likeness (QED) is 0.726. The number of rotatable bonds is 7. The predicted molar refractivity (Wildman–Crippen MR) is 83.7 cm³/mol. The minimum Gasteiger partial charge on any atom is -0.316 e. The zero-order valence-electron chi connectivity index (χ0n) is 12.7. The maximum absolute atomic E-state index is 3.52. The smallest absolute Gasteiger partial charge is 0.00258 e. The van der Waals surface area contributed by atoms with Crippen LogP contribution >= 0.6 is 0 Å². The molecule has 1 aliphatic rings. The van der Waals surface area contributed by atoms with Crippen molar-refractivity contribution in [3.8, 4) is 0 Å². The molecule has 0 spiro atoms. The summed E-state index contributed by atoms with van der Waals surface area (Å²) in [5.41, 5.74) is 4.78. The lowest BCUT2D eigenvalue weighted by Crippen LogP contribution is -2.20. The first kappa shape index (κ1) is 14.6. The van der Waals surface area contributed by atoms with Crippen LogP contribution in [0.15, 0.2) is 18.2 Å². The molecule has 0 aromatic heterocycles. The van der Waals surface area contributed by atoms with E-state index in [4.69, 9.17) is 0 Å². The molecule has 19 heavy (non-hydrogen) atoms. The number of hydrogen-bond acceptors (Lipinski definition) is 1. The lowest BCUT2D eigenvalue weighted by atomic mass is 9.89. The van der Waals surface area contributed by atoms with E-state index in [0.29, 0.717) is 0 Å². The van der Waals surface area contributed by atoms with Gasteiger partial charge >= 0.3 is 0 Å². The van der Waals surface area contributed by atoms with Crippen LogP contribution in [0.2, 0.25) is 0 Å². The highest BCUT2D eigenvalue weighted by Gasteiger charge is 2.09. The summed E-state index contributed by atoms with van der Waals surface area (Å²) in [5.74, 6) is 0.764. The van der Waals surface area contributed by atoms with Crippen LogP contribution in [0.4, 0.5) is 0 Å². The molecule has 1 aliphatic carbocycles. The van der Waals surface area contributed by atoms with Crippen molar-refractivity contribution >= 4 is 0 Å². The second kappa shape index (κ2) is 7.69. The van der Waals surface area contributed by atoms with Crippen molar-refractivity contribution < 1.29 is 0 Å². The topological polar surface area (TPSA) is 12.0 Å². The van der Waals surface area contributed by atoms with Gasteiger partial charge in [-0.2, -0.15) is 0 Å². The van der Waals surface area contributed by atoms with Gasteiger partial charge in [0.15, 0.2) is 0 Å². The highest BCUT2D eigenvalue weighted by molar-refractivity contribution is 5.33. The minimum absolute atomic E-state index is 0.764. The van der Waals surface area contributed by atoms with E-state index in [1.165, 1.54) is 51.5 Å². The van der Waals surface area contributed by atoms with Crippen LogP contribution in [-0.4, -0.2) is 13.1 Å². The van der Waals surface area contributed by atoms with Crippen LogP contribution in [-0.2, 0) is 19.3 Å². The molecule has 0 unspecified atom stereocenters. The Morgan fingerprint density at radius 3 is 2.63 bits per heavy atom. The molecule has 2 rings (SSSR count). The van der Waals surface area contributed by atoms with Crippen molar-refractivity contribution in [2.24, 2.45) is 5.92 Å². The van der Waals surface area contributed by atoms with Crippen LogP contribution in [0.1, 0.15) is 56.2 Å². The van der Waals surface area contributed by atoms with Gasteiger partial charge in [-0.05, 0) is 80.6 Å². The van der Waals surface area contributed by atoms with Gasteiger partial charge in [0.05, 0.1) is 0 Å². The first-order chi connectivity index (χ1) is 9.25. The molecule has 0 atom stereocenters. The molecule has 1 heteroatoms. The Morgan fingerprint density at radius 2 is 1.84 bits per heavy atom. The zero-order chi connectivity index (χ0) is 13.5. The monoisotopic (exact) mass is 259 g/mol. The molecule has 1 aromatic carbocycles. The molecule has 0 fully saturated rings. The summed E-state index contributed by atoms with van der Waals surface area (Å²) in [7, 11) is 0.